The molecule has 2 nitrogen and oxygen atoms in total. The Kier molecular flexibility index (Phi) is 3.20. The van der Waals surface area contributed by atoms with Crippen LogP contribution in [-0.4, -0.2) is 6.29 Å². The number of rotatable bonds is 2. The van der Waals surface area contributed by atoms with Gasteiger partial charge in [0.05, 0.1) is 6.07 Å². The number of carbonyl (C=O) groups is 1. The fourth-order valence-corrected chi connectivity index (χ4v) is 4.24. The highest BCUT2D eigenvalue weighted by molar-refractivity contribution is 5.59. The molecule has 0 amide bonds. The van der Waals surface area contributed by atoms with Gasteiger partial charge in [-0.25, -0.2) is 0 Å². The maximum Gasteiger partial charge on any atom is 0.137 e. The highest BCUT2D eigenvalue weighted by Crippen LogP contribution is 2.56. The molecule has 90 valence electrons. The van der Waals surface area contributed by atoms with Crippen LogP contribution < -0.4 is 0 Å². The van der Waals surface area contributed by atoms with E-state index in [1.54, 1.807) is 0 Å². The van der Waals surface area contributed by atoms with Crippen LogP contribution in [0.25, 0.3) is 0 Å². The largest absolute Gasteiger partial charge is 0.302 e. The molecule has 1 aliphatic rings. The van der Waals surface area contributed by atoms with Gasteiger partial charge in [-0.2, -0.15) is 5.26 Å². The predicted molar refractivity (Wildman–Crippen MR) is 64.7 cm³/mol. The fourth-order valence-electron chi connectivity index (χ4n) is 4.24. The molecule has 1 unspecified atom stereocenters. The Balaban J connectivity index is 3.05. The number of hydrogen-bond donors (Lipinski definition) is 0. The van der Waals surface area contributed by atoms with Crippen molar-refractivity contribution in [1.29, 1.82) is 5.26 Å². The summed E-state index contributed by atoms with van der Waals surface area (Å²) in [5.74, 6) is -0.466. The monoisotopic (exact) mass is 221 g/mol. The first-order chi connectivity index (χ1) is 7.14. The molecule has 0 aromatic carbocycles. The normalized spacial score (nSPS) is 27.8. The van der Waals surface area contributed by atoms with Crippen LogP contribution in [0.4, 0.5) is 0 Å². The van der Waals surface area contributed by atoms with Crippen LogP contribution >= 0.6 is 0 Å². The Morgan fingerprint density at radius 2 is 1.50 bits per heavy atom. The van der Waals surface area contributed by atoms with Crippen molar-refractivity contribution >= 4 is 6.29 Å². The van der Waals surface area contributed by atoms with E-state index in [0.717, 1.165) is 25.5 Å². The maximum atomic E-state index is 11.0. The summed E-state index contributed by atoms with van der Waals surface area (Å²) in [6.45, 7) is 11.1. The third-order valence-corrected chi connectivity index (χ3v) is 3.75. The molecule has 0 heterocycles. The van der Waals surface area contributed by atoms with Gasteiger partial charge in [0.2, 0.25) is 0 Å². The number of nitrogens with zero attached hydrogens (tertiary/aromatic N) is 1. The van der Waals surface area contributed by atoms with Gasteiger partial charge in [-0.3, -0.25) is 0 Å². The topological polar surface area (TPSA) is 40.9 Å². The van der Waals surface area contributed by atoms with Crippen LogP contribution in [0.15, 0.2) is 0 Å². The summed E-state index contributed by atoms with van der Waals surface area (Å²) in [6.07, 6.45) is 3.91. The molecule has 0 radical (unpaired) electrons. The van der Waals surface area contributed by atoms with Crippen molar-refractivity contribution in [2.45, 2.75) is 53.9 Å². The summed E-state index contributed by atoms with van der Waals surface area (Å²) in [5, 5.41) is 9.10. The van der Waals surface area contributed by atoms with Crippen molar-refractivity contribution in [3.05, 3.63) is 0 Å². The minimum atomic E-state index is -0.466. The molecule has 1 rings (SSSR count). The number of hydrogen-bond acceptors (Lipinski definition) is 2. The fraction of sp³-hybridized carbons (Fsp3) is 0.857. The molecule has 1 saturated carbocycles. The Bertz CT molecular complexity index is 306. The van der Waals surface area contributed by atoms with E-state index >= 15 is 0 Å². The van der Waals surface area contributed by atoms with Gasteiger partial charge in [-0.15, -0.1) is 0 Å². The second kappa shape index (κ2) is 3.87. The van der Waals surface area contributed by atoms with Crippen LogP contribution in [0.1, 0.15) is 53.9 Å². The standard InChI is InChI=1S/C14H23NO/c1-12(2)8-13(3,4)10-14(5,9-12)11(6-15)7-16/h7,11H,8-10H2,1-5H3. The Hall–Kier alpha value is -0.840. The van der Waals surface area contributed by atoms with Crippen LogP contribution in [0, 0.1) is 33.5 Å². The summed E-state index contributed by atoms with van der Waals surface area (Å²) < 4.78 is 0. The zero-order chi connectivity index (χ0) is 12.6. The third kappa shape index (κ3) is 2.64. The van der Waals surface area contributed by atoms with E-state index in [-0.39, 0.29) is 16.2 Å². The lowest BCUT2D eigenvalue weighted by molar-refractivity contribution is -0.115. The van der Waals surface area contributed by atoms with Gasteiger partial charge in [-0.05, 0) is 35.5 Å². The summed E-state index contributed by atoms with van der Waals surface area (Å²) in [7, 11) is 0. The Morgan fingerprint density at radius 1 is 1.06 bits per heavy atom. The van der Waals surface area contributed by atoms with E-state index in [1.165, 1.54) is 0 Å². The average Bonchev–Trinajstić information content (AvgIpc) is 1.97. The Labute approximate surface area is 99.0 Å². The van der Waals surface area contributed by atoms with Crippen molar-refractivity contribution in [1.82, 2.24) is 0 Å². The quantitative estimate of drug-likeness (QED) is 0.669. The molecule has 0 spiro atoms. The smallest absolute Gasteiger partial charge is 0.137 e. The molecular weight excluding hydrogens is 198 g/mol. The minimum Gasteiger partial charge on any atom is -0.302 e. The molecule has 1 atom stereocenters. The summed E-state index contributed by atoms with van der Waals surface area (Å²) in [5.41, 5.74) is 0.269. The van der Waals surface area contributed by atoms with Crippen LogP contribution in [-0.2, 0) is 4.79 Å². The summed E-state index contributed by atoms with van der Waals surface area (Å²) >= 11 is 0. The van der Waals surface area contributed by atoms with Crippen molar-refractivity contribution in [2.24, 2.45) is 22.2 Å². The average molecular weight is 221 g/mol. The van der Waals surface area contributed by atoms with Gasteiger partial charge >= 0.3 is 0 Å². The maximum absolute atomic E-state index is 11.0. The van der Waals surface area contributed by atoms with E-state index in [0.29, 0.717) is 0 Å². The molecule has 1 aliphatic carbocycles. The first kappa shape index (κ1) is 13.2. The molecule has 0 aromatic heterocycles. The van der Waals surface area contributed by atoms with E-state index in [9.17, 15) is 4.79 Å². The van der Waals surface area contributed by atoms with Gasteiger partial charge < -0.3 is 4.79 Å². The molecule has 0 saturated heterocycles. The van der Waals surface area contributed by atoms with E-state index in [4.69, 9.17) is 5.26 Å². The van der Waals surface area contributed by atoms with Gasteiger partial charge in [0.1, 0.15) is 12.2 Å². The van der Waals surface area contributed by atoms with Crippen LogP contribution in [0.5, 0.6) is 0 Å². The summed E-state index contributed by atoms with van der Waals surface area (Å²) in [6, 6.07) is 2.17. The minimum absolute atomic E-state index is 0.165. The van der Waals surface area contributed by atoms with Crippen molar-refractivity contribution in [3.8, 4) is 6.07 Å². The second-order valence-electron chi connectivity index (χ2n) is 7.26. The number of carbonyl (C=O) groups excluding carboxylic acids is 1. The van der Waals surface area contributed by atoms with E-state index < -0.39 is 5.92 Å². The molecule has 0 N–H and O–H groups in total. The van der Waals surface area contributed by atoms with Crippen LogP contribution in [0.3, 0.4) is 0 Å². The molecule has 16 heavy (non-hydrogen) atoms. The van der Waals surface area contributed by atoms with E-state index in [1.807, 2.05) is 0 Å². The third-order valence-electron chi connectivity index (χ3n) is 3.75. The molecule has 0 aromatic rings. The second-order valence-corrected chi connectivity index (χ2v) is 7.26. The number of aldehydes is 1. The number of nitriles is 1. The molecule has 1 fully saturated rings. The highest BCUT2D eigenvalue weighted by Gasteiger charge is 2.48. The van der Waals surface area contributed by atoms with Gasteiger partial charge in [-0.1, -0.05) is 34.6 Å². The Morgan fingerprint density at radius 3 is 1.81 bits per heavy atom. The lowest BCUT2D eigenvalue weighted by atomic mass is 9.53. The zero-order valence-electron chi connectivity index (χ0n) is 11.1. The molecule has 2 heteroatoms. The predicted octanol–water partition coefficient (Wildman–Crippen LogP) is 3.57. The first-order valence-electron chi connectivity index (χ1n) is 5.99. The van der Waals surface area contributed by atoms with E-state index in [2.05, 4.69) is 40.7 Å². The van der Waals surface area contributed by atoms with Gasteiger partial charge in [0.15, 0.2) is 0 Å². The molecule has 0 bridgehead atoms. The lowest BCUT2D eigenvalue weighted by Crippen LogP contribution is -2.43. The zero-order valence-corrected chi connectivity index (χ0v) is 11.1. The van der Waals surface area contributed by atoms with Crippen molar-refractivity contribution in [3.63, 3.8) is 0 Å². The van der Waals surface area contributed by atoms with Crippen molar-refractivity contribution < 1.29 is 4.79 Å². The van der Waals surface area contributed by atoms with Gasteiger partial charge in [0, 0.05) is 0 Å². The van der Waals surface area contributed by atoms with Gasteiger partial charge in [0.25, 0.3) is 0 Å². The molecule has 0 aliphatic heterocycles. The lowest BCUT2D eigenvalue weighted by Gasteiger charge is -2.51. The first-order valence-corrected chi connectivity index (χ1v) is 5.99. The SMILES string of the molecule is CC1(C)CC(C)(C)CC(C)(C(C#N)C=O)C1. The summed E-state index contributed by atoms with van der Waals surface area (Å²) in [4.78, 5) is 11.0. The van der Waals surface area contributed by atoms with Crippen molar-refractivity contribution in [2.75, 3.05) is 0 Å². The van der Waals surface area contributed by atoms with Crippen LogP contribution in [0.2, 0.25) is 0 Å². The highest BCUT2D eigenvalue weighted by atomic mass is 16.1. The molecular formula is C14H23NO.